The van der Waals surface area contributed by atoms with E-state index in [2.05, 4.69) is 0 Å². The predicted molar refractivity (Wildman–Crippen MR) is 42.9 cm³/mol. The van der Waals surface area contributed by atoms with E-state index in [0.717, 1.165) is 5.56 Å². The van der Waals surface area contributed by atoms with E-state index in [1.807, 2.05) is 30.3 Å². The van der Waals surface area contributed by atoms with Crippen molar-refractivity contribution in [2.75, 3.05) is 6.54 Å². The molecule has 0 bridgehead atoms. The zero-order chi connectivity index (χ0) is 8.39. The number of hydrogen-bond acceptors (Lipinski definition) is 2. The van der Waals surface area contributed by atoms with Gasteiger partial charge in [-0.25, -0.2) is 5.06 Å². The average Bonchev–Trinajstić information content (AvgIpc) is 2.81. The van der Waals surface area contributed by atoms with Crippen LogP contribution in [0.4, 0.5) is 0 Å². The van der Waals surface area contributed by atoms with Crippen molar-refractivity contribution < 1.29 is 9.63 Å². The van der Waals surface area contributed by atoms with Crippen molar-refractivity contribution in [1.29, 1.82) is 0 Å². The zero-order valence-electron chi connectivity index (χ0n) is 6.56. The molecule has 0 aliphatic carbocycles. The monoisotopic (exact) mass is 163 g/mol. The highest BCUT2D eigenvalue weighted by atomic mass is 16.7. The predicted octanol–water partition coefficient (Wildman–Crippen LogP) is 0.960. The van der Waals surface area contributed by atoms with Crippen LogP contribution in [0, 0.1) is 0 Å². The van der Waals surface area contributed by atoms with Crippen LogP contribution in [0.3, 0.4) is 0 Å². The minimum atomic E-state index is 0.0610. The fraction of sp³-hybridized carbons (Fsp3) is 0.222. The molecule has 0 aromatic heterocycles. The number of carbonyl (C=O) groups is 1. The van der Waals surface area contributed by atoms with E-state index in [0.29, 0.717) is 13.2 Å². The summed E-state index contributed by atoms with van der Waals surface area (Å²) in [6.45, 7) is 0.916. The van der Waals surface area contributed by atoms with Gasteiger partial charge in [0, 0.05) is 0 Å². The Bertz CT molecular complexity index is 284. The molecule has 3 nitrogen and oxygen atoms in total. The molecule has 1 fully saturated rings. The summed E-state index contributed by atoms with van der Waals surface area (Å²) in [4.78, 5) is 15.6. The number of hydroxylamine groups is 2. The van der Waals surface area contributed by atoms with Crippen LogP contribution in [0.5, 0.6) is 0 Å². The Labute approximate surface area is 70.5 Å². The highest BCUT2D eigenvalue weighted by Crippen LogP contribution is 2.10. The lowest BCUT2D eigenvalue weighted by atomic mass is 10.2. The maximum Gasteiger partial charge on any atom is 0.268 e. The van der Waals surface area contributed by atoms with E-state index in [1.54, 1.807) is 0 Å². The Morgan fingerprint density at radius 3 is 2.58 bits per heavy atom. The summed E-state index contributed by atoms with van der Waals surface area (Å²) in [6.07, 6.45) is 0. The van der Waals surface area contributed by atoms with E-state index in [-0.39, 0.29) is 5.91 Å². The highest BCUT2D eigenvalue weighted by molar-refractivity contribution is 5.90. The molecule has 0 unspecified atom stereocenters. The molecule has 2 rings (SSSR count). The van der Waals surface area contributed by atoms with Crippen LogP contribution in [0.25, 0.3) is 0 Å². The van der Waals surface area contributed by atoms with Crippen molar-refractivity contribution in [3.05, 3.63) is 35.9 Å². The van der Waals surface area contributed by atoms with E-state index in [1.165, 1.54) is 5.06 Å². The zero-order valence-corrected chi connectivity index (χ0v) is 6.56. The van der Waals surface area contributed by atoms with Gasteiger partial charge < -0.3 is 0 Å². The van der Waals surface area contributed by atoms with Crippen LogP contribution in [-0.2, 0) is 16.2 Å². The van der Waals surface area contributed by atoms with Crippen LogP contribution in [0.1, 0.15) is 5.56 Å². The van der Waals surface area contributed by atoms with E-state index in [9.17, 15) is 4.79 Å². The van der Waals surface area contributed by atoms with E-state index < -0.39 is 0 Å². The van der Waals surface area contributed by atoms with E-state index >= 15 is 0 Å². The number of amides is 1. The Hall–Kier alpha value is -1.35. The maximum atomic E-state index is 10.5. The quantitative estimate of drug-likeness (QED) is 0.621. The topological polar surface area (TPSA) is 29.3 Å². The smallest absolute Gasteiger partial charge is 0.268 e. The Morgan fingerprint density at radius 2 is 2.00 bits per heavy atom. The van der Waals surface area contributed by atoms with Gasteiger partial charge in [0.1, 0.15) is 13.2 Å². The van der Waals surface area contributed by atoms with Gasteiger partial charge in [0.15, 0.2) is 0 Å². The third-order valence-electron chi connectivity index (χ3n) is 1.68. The summed E-state index contributed by atoms with van der Waals surface area (Å²) in [5, 5.41) is 1.35. The second kappa shape index (κ2) is 2.95. The summed E-state index contributed by atoms with van der Waals surface area (Å²) >= 11 is 0. The van der Waals surface area contributed by atoms with Crippen LogP contribution in [0.15, 0.2) is 30.3 Å². The lowest BCUT2D eigenvalue weighted by Gasteiger charge is -2.01. The van der Waals surface area contributed by atoms with Gasteiger partial charge in [0.25, 0.3) is 5.91 Å². The van der Waals surface area contributed by atoms with Gasteiger partial charge in [0.2, 0.25) is 0 Å². The third-order valence-corrected chi connectivity index (χ3v) is 1.68. The van der Waals surface area contributed by atoms with Gasteiger partial charge in [-0.1, -0.05) is 30.3 Å². The lowest BCUT2D eigenvalue weighted by Crippen LogP contribution is -2.00. The number of nitrogens with zero attached hydrogens (tertiary/aromatic N) is 1. The molecule has 3 heteroatoms. The number of rotatable bonds is 3. The molecular weight excluding hydrogens is 154 g/mol. The van der Waals surface area contributed by atoms with Crippen molar-refractivity contribution in [2.45, 2.75) is 6.61 Å². The first-order chi connectivity index (χ1) is 5.86. The second-order valence-corrected chi connectivity index (χ2v) is 2.69. The molecule has 0 atom stereocenters. The fourth-order valence-electron chi connectivity index (χ4n) is 0.932. The largest absolute Gasteiger partial charge is 0.270 e. The number of carbonyl (C=O) groups excluding carboxylic acids is 1. The molecule has 1 aromatic rings. The minimum absolute atomic E-state index is 0.0610. The first-order valence-electron chi connectivity index (χ1n) is 3.83. The molecule has 1 aliphatic heterocycles. The molecule has 0 spiro atoms. The number of benzene rings is 1. The Kier molecular flexibility index (Phi) is 1.80. The minimum Gasteiger partial charge on any atom is -0.270 e. The SMILES string of the molecule is O=C1CN1OCc1ccccc1. The Balaban J connectivity index is 1.84. The van der Waals surface area contributed by atoms with Crippen LogP contribution < -0.4 is 0 Å². The first-order valence-corrected chi connectivity index (χ1v) is 3.83. The molecule has 62 valence electrons. The van der Waals surface area contributed by atoms with Gasteiger partial charge in [-0.15, -0.1) is 0 Å². The van der Waals surface area contributed by atoms with Crippen molar-refractivity contribution in [3.8, 4) is 0 Å². The number of hydrogen-bond donors (Lipinski definition) is 0. The summed E-state index contributed by atoms with van der Waals surface area (Å²) in [5.41, 5.74) is 1.08. The molecule has 1 aliphatic rings. The molecule has 1 heterocycles. The normalized spacial score (nSPS) is 15.0. The molecule has 0 saturated carbocycles. The molecule has 1 amide bonds. The van der Waals surface area contributed by atoms with Gasteiger partial charge in [-0.05, 0) is 5.56 Å². The van der Waals surface area contributed by atoms with Crippen molar-refractivity contribution in [2.24, 2.45) is 0 Å². The van der Waals surface area contributed by atoms with Gasteiger partial charge in [-0.2, -0.15) is 0 Å². The third kappa shape index (κ3) is 1.62. The summed E-state index contributed by atoms with van der Waals surface area (Å²) in [5.74, 6) is 0.0610. The molecule has 0 N–H and O–H groups in total. The molecule has 1 saturated heterocycles. The molecule has 1 aromatic carbocycles. The van der Waals surface area contributed by atoms with Gasteiger partial charge in [0.05, 0.1) is 0 Å². The summed E-state index contributed by atoms with van der Waals surface area (Å²) < 4.78 is 0. The fourth-order valence-corrected chi connectivity index (χ4v) is 0.932. The van der Waals surface area contributed by atoms with Crippen molar-refractivity contribution in [1.82, 2.24) is 5.06 Å². The molecule has 12 heavy (non-hydrogen) atoms. The Morgan fingerprint density at radius 1 is 1.33 bits per heavy atom. The standard InChI is InChI=1S/C9H9NO2/c11-9-6-10(9)12-7-8-4-2-1-3-5-8/h1-5H,6-7H2. The molecular formula is C9H9NO2. The van der Waals surface area contributed by atoms with Crippen LogP contribution in [0.2, 0.25) is 0 Å². The average molecular weight is 163 g/mol. The lowest BCUT2D eigenvalue weighted by molar-refractivity contribution is -0.137. The van der Waals surface area contributed by atoms with Gasteiger partial charge in [-0.3, -0.25) is 9.63 Å². The van der Waals surface area contributed by atoms with Crippen molar-refractivity contribution in [3.63, 3.8) is 0 Å². The van der Waals surface area contributed by atoms with E-state index in [4.69, 9.17) is 4.84 Å². The van der Waals surface area contributed by atoms with Crippen LogP contribution >= 0.6 is 0 Å². The summed E-state index contributed by atoms with van der Waals surface area (Å²) in [7, 11) is 0. The van der Waals surface area contributed by atoms with Crippen LogP contribution in [-0.4, -0.2) is 17.5 Å². The highest BCUT2D eigenvalue weighted by Gasteiger charge is 2.31. The molecule has 0 radical (unpaired) electrons. The summed E-state index contributed by atoms with van der Waals surface area (Å²) in [6, 6.07) is 9.78. The van der Waals surface area contributed by atoms with Gasteiger partial charge >= 0.3 is 0 Å². The van der Waals surface area contributed by atoms with Crippen molar-refractivity contribution >= 4 is 5.91 Å². The first kappa shape index (κ1) is 7.31. The maximum absolute atomic E-state index is 10.5. The second-order valence-electron chi connectivity index (χ2n) is 2.69.